The van der Waals surface area contributed by atoms with Crippen molar-refractivity contribution in [2.75, 3.05) is 23.4 Å². The summed E-state index contributed by atoms with van der Waals surface area (Å²) < 4.78 is 1.49. The Bertz CT molecular complexity index is 1310. The molecule has 0 bridgehead atoms. The maximum Gasteiger partial charge on any atom is 0.275 e. The fourth-order valence-electron chi connectivity index (χ4n) is 3.73. The first kappa shape index (κ1) is 21.5. The van der Waals surface area contributed by atoms with Crippen LogP contribution in [0.25, 0.3) is 11.5 Å². The van der Waals surface area contributed by atoms with Crippen LogP contribution in [-0.4, -0.2) is 64.3 Å². The summed E-state index contributed by atoms with van der Waals surface area (Å²) in [7, 11) is 0. The number of hydrogen-bond acceptors (Lipinski definition) is 10. The van der Waals surface area contributed by atoms with Crippen LogP contribution < -0.4 is 10.2 Å². The summed E-state index contributed by atoms with van der Waals surface area (Å²) in [5.74, 6) is 1.03. The topological polar surface area (TPSA) is 148 Å². The number of carbonyl (C=O) groups excluding carboxylic acids is 1. The van der Waals surface area contributed by atoms with Gasteiger partial charge in [-0.3, -0.25) is 9.78 Å². The first-order valence-corrected chi connectivity index (χ1v) is 10.8. The second-order valence-corrected chi connectivity index (χ2v) is 7.90. The average Bonchev–Trinajstić information content (AvgIpc) is 3.38. The van der Waals surface area contributed by atoms with Crippen molar-refractivity contribution in [3.8, 4) is 11.5 Å². The van der Waals surface area contributed by atoms with E-state index in [-0.39, 0.29) is 18.6 Å². The predicted molar refractivity (Wildman–Crippen MR) is 122 cm³/mol. The number of fused-ring (bicyclic) bond motifs is 1. The van der Waals surface area contributed by atoms with Gasteiger partial charge in [0.25, 0.3) is 5.91 Å². The molecule has 12 nitrogen and oxygen atoms in total. The zero-order chi connectivity index (χ0) is 23.5. The quantitative estimate of drug-likeness (QED) is 0.433. The van der Waals surface area contributed by atoms with Crippen LogP contribution in [0.15, 0.2) is 48.9 Å². The van der Waals surface area contributed by atoms with E-state index >= 15 is 0 Å². The Balaban J connectivity index is 1.34. The van der Waals surface area contributed by atoms with Gasteiger partial charge in [-0.15, -0.1) is 5.10 Å². The minimum atomic E-state index is -0.371. The minimum Gasteiger partial charge on any atom is -0.394 e. The SMILES string of the molecule is CC(CO)n1nnnc1-c1cccc(NC(=O)c2cc3c(cn2)CCN(c2ncccn2)C3)n1. The van der Waals surface area contributed by atoms with Gasteiger partial charge in [0.05, 0.1) is 12.6 Å². The van der Waals surface area contributed by atoms with Gasteiger partial charge in [0, 0.05) is 31.7 Å². The van der Waals surface area contributed by atoms with E-state index in [1.54, 1.807) is 55.8 Å². The van der Waals surface area contributed by atoms with E-state index in [0.29, 0.717) is 35.5 Å². The molecular weight excluding hydrogens is 436 g/mol. The molecule has 34 heavy (non-hydrogen) atoms. The van der Waals surface area contributed by atoms with Gasteiger partial charge >= 0.3 is 0 Å². The third kappa shape index (κ3) is 4.30. The number of hydrogen-bond donors (Lipinski definition) is 2. The van der Waals surface area contributed by atoms with Crippen molar-refractivity contribution in [1.29, 1.82) is 0 Å². The number of aromatic nitrogens is 8. The summed E-state index contributed by atoms with van der Waals surface area (Å²) in [4.78, 5) is 32.5. The maximum absolute atomic E-state index is 12.9. The molecule has 1 aliphatic heterocycles. The lowest BCUT2D eigenvalue weighted by atomic mass is 10.0. The number of aliphatic hydroxyl groups is 1. The fraction of sp³-hybridized carbons (Fsp3) is 0.273. The van der Waals surface area contributed by atoms with Crippen molar-refractivity contribution in [3.63, 3.8) is 0 Å². The molecule has 1 unspecified atom stereocenters. The Morgan fingerprint density at radius 3 is 2.85 bits per heavy atom. The molecule has 1 atom stereocenters. The van der Waals surface area contributed by atoms with Crippen molar-refractivity contribution in [3.05, 3.63) is 65.7 Å². The maximum atomic E-state index is 12.9. The van der Waals surface area contributed by atoms with Gasteiger partial charge in [0.1, 0.15) is 17.2 Å². The predicted octanol–water partition coefficient (Wildman–Crippen LogP) is 1.29. The summed E-state index contributed by atoms with van der Waals surface area (Å²) in [5.41, 5.74) is 2.88. The van der Waals surface area contributed by atoms with Gasteiger partial charge in [0.2, 0.25) is 11.8 Å². The highest BCUT2D eigenvalue weighted by molar-refractivity contribution is 6.02. The standard InChI is InChI=1S/C22H22N10O2/c1-14(13-33)32-20(28-29-30-32)17-4-2-5-19(26-17)27-21(34)18-10-16-12-31(9-6-15(16)11-25-18)22-23-7-3-8-24-22/h2-5,7-8,10-11,14,33H,6,9,12-13H2,1H3,(H,26,27,34). The van der Waals surface area contributed by atoms with Gasteiger partial charge in [-0.25, -0.2) is 19.6 Å². The van der Waals surface area contributed by atoms with Gasteiger partial charge in [-0.1, -0.05) is 6.07 Å². The van der Waals surface area contributed by atoms with Crippen LogP contribution in [0.3, 0.4) is 0 Å². The zero-order valence-corrected chi connectivity index (χ0v) is 18.4. The van der Waals surface area contributed by atoms with E-state index in [9.17, 15) is 9.90 Å². The number of anilines is 2. The molecule has 0 aromatic carbocycles. The molecule has 0 saturated heterocycles. The molecule has 12 heteroatoms. The summed E-state index contributed by atoms with van der Waals surface area (Å²) >= 11 is 0. The molecule has 2 N–H and O–H groups in total. The number of nitrogens with zero attached hydrogens (tertiary/aromatic N) is 9. The summed E-state index contributed by atoms with van der Waals surface area (Å²) in [6, 6.07) is 8.43. The van der Waals surface area contributed by atoms with Crippen molar-refractivity contribution < 1.29 is 9.90 Å². The van der Waals surface area contributed by atoms with E-state index in [1.165, 1.54) is 4.68 Å². The Kier molecular flexibility index (Phi) is 5.87. The van der Waals surface area contributed by atoms with Crippen LogP contribution in [0.4, 0.5) is 11.8 Å². The lowest BCUT2D eigenvalue weighted by molar-refractivity contribution is 0.102. The minimum absolute atomic E-state index is 0.119. The number of amides is 1. The molecule has 5 heterocycles. The number of carbonyl (C=O) groups is 1. The average molecular weight is 458 g/mol. The Morgan fingerprint density at radius 2 is 2.03 bits per heavy atom. The van der Waals surface area contributed by atoms with Gasteiger partial charge < -0.3 is 15.3 Å². The molecule has 4 aromatic heterocycles. The summed E-state index contributed by atoms with van der Waals surface area (Å²) in [6.45, 7) is 3.06. The van der Waals surface area contributed by atoms with Crippen LogP contribution in [0.1, 0.15) is 34.6 Å². The molecule has 4 aromatic rings. The van der Waals surface area contributed by atoms with E-state index in [2.05, 4.69) is 45.7 Å². The second-order valence-electron chi connectivity index (χ2n) is 7.90. The van der Waals surface area contributed by atoms with E-state index < -0.39 is 0 Å². The van der Waals surface area contributed by atoms with Crippen LogP contribution in [0, 0.1) is 0 Å². The van der Waals surface area contributed by atoms with Crippen molar-refractivity contribution in [2.45, 2.75) is 25.9 Å². The molecule has 5 rings (SSSR count). The highest BCUT2D eigenvalue weighted by atomic mass is 16.3. The number of tetrazole rings is 1. The van der Waals surface area contributed by atoms with Crippen LogP contribution in [0.5, 0.6) is 0 Å². The third-order valence-electron chi connectivity index (χ3n) is 5.56. The Morgan fingerprint density at radius 1 is 1.18 bits per heavy atom. The second kappa shape index (κ2) is 9.27. The molecule has 0 fully saturated rings. The largest absolute Gasteiger partial charge is 0.394 e. The number of nitrogens with one attached hydrogen (secondary N) is 1. The number of pyridine rings is 2. The first-order valence-electron chi connectivity index (χ1n) is 10.8. The van der Waals surface area contributed by atoms with Crippen molar-refractivity contribution in [1.82, 2.24) is 40.1 Å². The van der Waals surface area contributed by atoms with Crippen LogP contribution in [0.2, 0.25) is 0 Å². The van der Waals surface area contributed by atoms with Crippen molar-refractivity contribution >= 4 is 17.7 Å². The highest BCUT2D eigenvalue weighted by Gasteiger charge is 2.21. The molecule has 1 amide bonds. The molecule has 0 saturated carbocycles. The molecule has 172 valence electrons. The first-order chi connectivity index (χ1) is 16.6. The van der Waals surface area contributed by atoms with Crippen LogP contribution >= 0.6 is 0 Å². The summed E-state index contributed by atoms with van der Waals surface area (Å²) in [5, 5.41) is 23.8. The van der Waals surface area contributed by atoms with Crippen molar-refractivity contribution in [2.24, 2.45) is 0 Å². The van der Waals surface area contributed by atoms with Gasteiger partial charge in [-0.05, 0) is 59.2 Å². The molecular formula is C22H22N10O2. The van der Waals surface area contributed by atoms with Gasteiger partial charge in [-0.2, -0.15) is 0 Å². The monoisotopic (exact) mass is 458 g/mol. The van der Waals surface area contributed by atoms with E-state index in [1.807, 2.05) is 0 Å². The Labute approximate surface area is 194 Å². The summed E-state index contributed by atoms with van der Waals surface area (Å²) in [6.07, 6.45) is 5.98. The molecule has 0 aliphatic carbocycles. The highest BCUT2D eigenvalue weighted by Crippen LogP contribution is 2.23. The molecule has 0 radical (unpaired) electrons. The lowest BCUT2D eigenvalue weighted by Gasteiger charge is -2.28. The fourth-order valence-corrected chi connectivity index (χ4v) is 3.73. The van der Waals surface area contributed by atoms with Crippen LogP contribution in [-0.2, 0) is 13.0 Å². The number of aliphatic hydroxyl groups excluding tert-OH is 1. The lowest BCUT2D eigenvalue weighted by Crippen LogP contribution is -2.32. The normalized spacial score (nSPS) is 13.9. The number of rotatable bonds is 6. The van der Waals surface area contributed by atoms with Gasteiger partial charge in [0.15, 0.2) is 0 Å². The smallest absolute Gasteiger partial charge is 0.275 e. The molecule has 1 aliphatic rings. The zero-order valence-electron chi connectivity index (χ0n) is 18.4. The Hall–Kier alpha value is -4.32. The molecule has 0 spiro atoms. The van der Waals surface area contributed by atoms with E-state index in [4.69, 9.17) is 0 Å². The van der Waals surface area contributed by atoms with E-state index in [0.717, 1.165) is 24.1 Å². The third-order valence-corrected chi connectivity index (χ3v) is 5.56.